The second-order valence-electron chi connectivity index (χ2n) is 3.38. The minimum absolute atomic E-state index is 0.596. The molecule has 0 bridgehead atoms. The number of benzene rings is 1. The maximum absolute atomic E-state index is 5.44. The Morgan fingerprint density at radius 1 is 1.31 bits per heavy atom. The number of aryl methyl sites for hydroxylation is 3. The van der Waals surface area contributed by atoms with Gasteiger partial charge in [-0.1, -0.05) is 30.4 Å². The first-order valence-electron chi connectivity index (χ1n) is 4.44. The molecule has 0 aromatic heterocycles. The van der Waals surface area contributed by atoms with E-state index in [9.17, 15) is 0 Å². The molecule has 0 atom stereocenters. The first-order chi connectivity index (χ1) is 6.09. The molecule has 0 aliphatic heterocycles. The maximum Gasteiger partial charge on any atom is 0.0730 e. The molecule has 1 aromatic carbocycles. The number of thiocarbonyl (C=S) groups is 1. The van der Waals surface area contributed by atoms with Crippen molar-refractivity contribution in [2.75, 3.05) is 0 Å². The SMILES string of the molecule is Cc1ccc(CCC(N)=S)cc1C. The summed E-state index contributed by atoms with van der Waals surface area (Å²) in [5.41, 5.74) is 9.42. The van der Waals surface area contributed by atoms with Crippen LogP contribution in [0.5, 0.6) is 0 Å². The molecule has 0 aliphatic carbocycles. The van der Waals surface area contributed by atoms with Gasteiger partial charge in [-0.05, 0) is 37.0 Å². The summed E-state index contributed by atoms with van der Waals surface area (Å²) in [6, 6.07) is 6.48. The number of nitrogens with two attached hydrogens (primary N) is 1. The van der Waals surface area contributed by atoms with E-state index < -0.39 is 0 Å². The Morgan fingerprint density at radius 2 is 2.00 bits per heavy atom. The maximum atomic E-state index is 5.44. The standard InChI is InChI=1S/C11H15NS/c1-8-3-4-10(7-9(8)2)5-6-11(12)13/h3-4,7H,5-6H2,1-2H3,(H2,12,13). The van der Waals surface area contributed by atoms with Crippen LogP contribution in [-0.4, -0.2) is 4.99 Å². The van der Waals surface area contributed by atoms with Crippen LogP contribution in [0.2, 0.25) is 0 Å². The predicted molar refractivity (Wildman–Crippen MR) is 61.0 cm³/mol. The highest BCUT2D eigenvalue weighted by atomic mass is 32.1. The summed E-state index contributed by atoms with van der Waals surface area (Å²) in [5.74, 6) is 0. The van der Waals surface area contributed by atoms with E-state index >= 15 is 0 Å². The van der Waals surface area contributed by atoms with E-state index in [2.05, 4.69) is 32.0 Å². The summed E-state index contributed by atoms with van der Waals surface area (Å²) in [5, 5.41) is 0. The Hall–Kier alpha value is -0.890. The molecule has 0 spiro atoms. The summed E-state index contributed by atoms with van der Waals surface area (Å²) in [4.78, 5) is 0.596. The van der Waals surface area contributed by atoms with Gasteiger partial charge in [-0.15, -0.1) is 0 Å². The highest BCUT2D eigenvalue weighted by Gasteiger charge is 1.97. The lowest BCUT2D eigenvalue weighted by Crippen LogP contribution is -2.08. The van der Waals surface area contributed by atoms with Crippen molar-refractivity contribution in [2.24, 2.45) is 5.73 Å². The predicted octanol–water partition coefficient (Wildman–Crippen LogP) is 2.52. The topological polar surface area (TPSA) is 26.0 Å². The first kappa shape index (κ1) is 10.2. The van der Waals surface area contributed by atoms with Gasteiger partial charge in [-0.25, -0.2) is 0 Å². The monoisotopic (exact) mass is 193 g/mol. The molecule has 1 nitrogen and oxygen atoms in total. The van der Waals surface area contributed by atoms with E-state index in [0.717, 1.165) is 12.8 Å². The van der Waals surface area contributed by atoms with Crippen molar-refractivity contribution in [3.8, 4) is 0 Å². The molecule has 1 rings (SSSR count). The minimum atomic E-state index is 0.596. The zero-order valence-corrected chi connectivity index (χ0v) is 8.95. The van der Waals surface area contributed by atoms with Crippen LogP contribution in [0.3, 0.4) is 0 Å². The van der Waals surface area contributed by atoms with Crippen LogP contribution in [0.1, 0.15) is 23.1 Å². The van der Waals surface area contributed by atoms with Gasteiger partial charge < -0.3 is 5.73 Å². The van der Waals surface area contributed by atoms with Crippen LogP contribution >= 0.6 is 12.2 Å². The summed E-state index contributed by atoms with van der Waals surface area (Å²) in [6.07, 6.45) is 1.76. The fraction of sp³-hybridized carbons (Fsp3) is 0.364. The van der Waals surface area contributed by atoms with Crippen molar-refractivity contribution in [1.29, 1.82) is 0 Å². The molecule has 13 heavy (non-hydrogen) atoms. The summed E-state index contributed by atoms with van der Waals surface area (Å²) < 4.78 is 0. The van der Waals surface area contributed by atoms with Gasteiger partial charge in [0.2, 0.25) is 0 Å². The Balaban J connectivity index is 2.68. The van der Waals surface area contributed by atoms with E-state index in [1.54, 1.807) is 0 Å². The summed E-state index contributed by atoms with van der Waals surface area (Å²) in [6.45, 7) is 4.24. The van der Waals surface area contributed by atoms with Gasteiger partial charge in [0.25, 0.3) is 0 Å². The molecule has 0 amide bonds. The zero-order chi connectivity index (χ0) is 9.84. The van der Waals surface area contributed by atoms with Gasteiger partial charge in [-0.3, -0.25) is 0 Å². The molecule has 2 N–H and O–H groups in total. The van der Waals surface area contributed by atoms with Crippen LogP contribution in [0.25, 0.3) is 0 Å². The molecular formula is C11H15NS. The van der Waals surface area contributed by atoms with Crippen molar-refractivity contribution in [3.05, 3.63) is 34.9 Å². The van der Waals surface area contributed by atoms with Crippen LogP contribution in [0.4, 0.5) is 0 Å². The quantitative estimate of drug-likeness (QED) is 0.746. The molecular weight excluding hydrogens is 178 g/mol. The second-order valence-corrected chi connectivity index (χ2v) is 3.91. The third kappa shape index (κ3) is 3.15. The molecule has 2 heteroatoms. The lowest BCUT2D eigenvalue weighted by atomic mass is 10.0. The number of hydrogen-bond acceptors (Lipinski definition) is 1. The van der Waals surface area contributed by atoms with Crippen molar-refractivity contribution >= 4 is 17.2 Å². The molecule has 0 unspecified atom stereocenters. The van der Waals surface area contributed by atoms with Crippen molar-refractivity contribution in [1.82, 2.24) is 0 Å². The molecule has 0 saturated heterocycles. The van der Waals surface area contributed by atoms with Gasteiger partial charge in [0.15, 0.2) is 0 Å². The molecule has 1 aromatic rings. The Morgan fingerprint density at radius 3 is 2.54 bits per heavy atom. The third-order valence-corrected chi connectivity index (χ3v) is 2.44. The molecule has 0 radical (unpaired) electrons. The lowest BCUT2D eigenvalue weighted by molar-refractivity contribution is 1.04. The van der Waals surface area contributed by atoms with E-state index in [1.165, 1.54) is 16.7 Å². The molecule has 70 valence electrons. The van der Waals surface area contributed by atoms with Crippen molar-refractivity contribution in [2.45, 2.75) is 26.7 Å². The highest BCUT2D eigenvalue weighted by molar-refractivity contribution is 7.80. The normalized spacial score (nSPS) is 10.0. The van der Waals surface area contributed by atoms with Crippen LogP contribution in [0, 0.1) is 13.8 Å². The van der Waals surface area contributed by atoms with E-state index in [4.69, 9.17) is 18.0 Å². The van der Waals surface area contributed by atoms with Gasteiger partial charge in [-0.2, -0.15) is 0 Å². The lowest BCUT2D eigenvalue weighted by Gasteiger charge is -2.04. The molecule has 0 aliphatic rings. The second kappa shape index (κ2) is 4.38. The van der Waals surface area contributed by atoms with E-state index in [-0.39, 0.29) is 0 Å². The van der Waals surface area contributed by atoms with Gasteiger partial charge in [0, 0.05) is 6.42 Å². The Labute approximate surface area is 85.0 Å². The third-order valence-electron chi connectivity index (χ3n) is 2.23. The van der Waals surface area contributed by atoms with E-state index in [1.807, 2.05) is 0 Å². The highest BCUT2D eigenvalue weighted by Crippen LogP contribution is 2.11. The zero-order valence-electron chi connectivity index (χ0n) is 8.13. The van der Waals surface area contributed by atoms with Crippen LogP contribution in [-0.2, 0) is 6.42 Å². The average Bonchev–Trinajstić information content (AvgIpc) is 2.07. The van der Waals surface area contributed by atoms with Gasteiger partial charge in [0.05, 0.1) is 4.99 Å². The van der Waals surface area contributed by atoms with Crippen molar-refractivity contribution < 1.29 is 0 Å². The largest absolute Gasteiger partial charge is 0.393 e. The molecule has 0 fully saturated rings. The Bertz CT molecular complexity index is 318. The summed E-state index contributed by atoms with van der Waals surface area (Å²) in [7, 11) is 0. The minimum Gasteiger partial charge on any atom is -0.393 e. The average molecular weight is 193 g/mol. The fourth-order valence-corrected chi connectivity index (χ4v) is 1.33. The summed E-state index contributed by atoms with van der Waals surface area (Å²) >= 11 is 4.83. The van der Waals surface area contributed by atoms with Crippen LogP contribution < -0.4 is 5.73 Å². The molecule has 0 saturated carbocycles. The first-order valence-corrected chi connectivity index (χ1v) is 4.85. The number of hydrogen-bond donors (Lipinski definition) is 1. The van der Waals surface area contributed by atoms with Crippen molar-refractivity contribution in [3.63, 3.8) is 0 Å². The Kier molecular flexibility index (Phi) is 3.43. The smallest absolute Gasteiger partial charge is 0.0730 e. The van der Waals surface area contributed by atoms with Crippen LogP contribution in [0.15, 0.2) is 18.2 Å². The molecule has 0 heterocycles. The number of rotatable bonds is 3. The fourth-order valence-electron chi connectivity index (χ4n) is 1.23. The van der Waals surface area contributed by atoms with Gasteiger partial charge in [0.1, 0.15) is 0 Å². The van der Waals surface area contributed by atoms with Gasteiger partial charge >= 0.3 is 0 Å². The van der Waals surface area contributed by atoms with E-state index in [0.29, 0.717) is 4.99 Å².